The van der Waals surface area contributed by atoms with E-state index in [1.807, 2.05) is 12.2 Å². The van der Waals surface area contributed by atoms with E-state index < -0.39 is 24.5 Å². The Morgan fingerprint density at radius 1 is 0.844 bits per heavy atom. The van der Waals surface area contributed by atoms with E-state index in [4.69, 9.17) is 19.7 Å². The zero-order chi connectivity index (χ0) is 23.4. The number of methoxy groups -OCH3 is 2. The third kappa shape index (κ3) is 4.44. The van der Waals surface area contributed by atoms with Gasteiger partial charge in [0.1, 0.15) is 0 Å². The van der Waals surface area contributed by atoms with Crippen molar-refractivity contribution in [2.75, 3.05) is 27.4 Å². The number of hydrogen-bond donors (Lipinski definition) is 4. The molecule has 0 bridgehead atoms. The lowest BCUT2D eigenvalue weighted by molar-refractivity contribution is -0.142. The summed E-state index contributed by atoms with van der Waals surface area (Å²) in [6.07, 6.45) is 5.41. The summed E-state index contributed by atoms with van der Waals surface area (Å²) in [4.78, 5) is 22.9. The summed E-state index contributed by atoms with van der Waals surface area (Å²) in [7, 11) is 2.61. The monoisotopic (exact) mass is 452 g/mol. The Kier molecular flexibility index (Phi) is 7.73. The summed E-state index contributed by atoms with van der Waals surface area (Å²) >= 11 is 0. The van der Waals surface area contributed by atoms with Crippen LogP contribution in [0.15, 0.2) is 47.0 Å². The summed E-state index contributed by atoms with van der Waals surface area (Å²) < 4.78 is 19.3. The Hall–Kier alpha value is -2.66. The second-order valence-corrected chi connectivity index (χ2v) is 7.79. The van der Waals surface area contributed by atoms with Crippen LogP contribution in [0.25, 0.3) is 0 Å². The number of carbonyl (C=O) groups excluding carboxylic acids is 2. The van der Waals surface area contributed by atoms with Gasteiger partial charge >= 0.3 is 11.9 Å². The number of fused-ring (bicyclic) bond motifs is 2. The first-order chi connectivity index (χ1) is 15.4. The van der Waals surface area contributed by atoms with Gasteiger partial charge in [-0.15, -0.1) is 0 Å². The number of carbonyl (C=O) groups is 2. The van der Waals surface area contributed by atoms with E-state index in [9.17, 15) is 19.8 Å². The number of esters is 2. The molecule has 32 heavy (non-hydrogen) atoms. The van der Waals surface area contributed by atoms with Crippen LogP contribution in [0.1, 0.15) is 12.8 Å². The van der Waals surface area contributed by atoms with E-state index >= 15 is 0 Å². The summed E-state index contributed by atoms with van der Waals surface area (Å²) in [5.74, 6) is -1.89. The summed E-state index contributed by atoms with van der Waals surface area (Å²) in [6, 6.07) is 0. The molecule has 0 amide bonds. The lowest BCUT2D eigenvalue weighted by Crippen LogP contribution is -2.35. The molecule has 0 saturated carbocycles. The molecular formula is C22H28O10. The van der Waals surface area contributed by atoms with Crippen LogP contribution in [0, 0.1) is 23.7 Å². The summed E-state index contributed by atoms with van der Waals surface area (Å²) in [5, 5.41) is 37.6. The fraction of sp³-hybridized carbons (Fsp3) is 0.545. The first-order valence-electron chi connectivity index (χ1n) is 10.2. The maximum Gasteiger partial charge on any atom is 0.337 e. The van der Waals surface area contributed by atoms with Crippen molar-refractivity contribution >= 4 is 11.9 Å². The zero-order valence-corrected chi connectivity index (χ0v) is 17.8. The molecule has 4 rings (SSSR count). The van der Waals surface area contributed by atoms with Gasteiger partial charge in [-0.2, -0.15) is 0 Å². The molecule has 0 saturated heterocycles. The normalized spacial score (nSPS) is 32.3. The fourth-order valence-corrected chi connectivity index (χ4v) is 4.65. The van der Waals surface area contributed by atoms with E-state index in [0.29, 0.717) is 35.1 Å². The molecule has 4 aliphatic rings. The van der Waals surface area contributed by atoms with Gasteiger partial charge in [0.2, 0.25) is 12.6 Å². The van der Waals surface area contributed by atoms with Crippen molar-refractivity contribution in [1.82, 2.24) is 0 Å². The lowest BCUT2D eigenvalue weighted by atomic mass is 9.83. The Labute approximate surface area is 185 Å². The quantitative estimate of drug-likeness (QED) is 0.336. The van der Waals surface area contributed by atoms with Crippen LogP contribution in [0.3, 0.4) is 0 Å². The van der Waals surface area contributed by atoms with Gasteiger partial charge in [0.25, 0.3) is 0 Å². The first-order valence-corrected chi connectivity index (χ1v) is 10.2. The van der Waals surface area contributed by atoms with Crippen LogP contribution in [0.5, 0.6) is 0 Å². The van der Waals surface area contributed by atoms with Gasteiger partial charge < -0.3 is 39.4 Å². The number of aliphatic hydroxyl groups is 4. The van der Waals surface area contributed by atoms with Crippen molar-refractivity contribution in [3.63, 3.8) is 0 Å². The van der Waals surface area contributed by atoms with Crippen LogP contribution in [0.4, 0.5) is 0 Å². The van der Waals surface area contributed by atoms with Crippen LogP contribution < -0.4 is 0 Å². The number of aliphatic hydroxyl groups excluding tert-OH is 4. The third-order valence-corrected chi connectivity index (χ3v) is 6.28. The molecule has 2 heterocycles. The molecule has 0 aromatic carbocycles. The van der Waals surface area contributed by atoms with E-state index in [2.05, 4.69) is 9.47 Å². The van der Waals surface area contributed by atoms with E-state index in [-0.39, 0.29) is 36.9 Å². The van der Waals surface area contributed by atoms with Gasteiger partial charge in [-0.1, -0.05) is 12.2 Å². The molecule has 6 atom stereocenters. The molecular weight excluding hydrogens is 424 g/mol. The van der Waals surface area contributed by atoms with Crippen LogP contribution in [0.2, 0.25) is 0 Å². The van der Waals surface area contributed by atoms with Crippen LogP contribution in [-0.2, 0) is 28.5 Å². The van der Waals surface area contributed by atoms with Gasteiger partial charge in [-0.05, 0) is 24.0 Å². The Morgan fingerprint density at radius 2 is 1.22 bits per heavy atom. The minimum Gasteiger partial charge on any atom is -0.472 e. The zero-order valence-electron chi connectivity index (χ0n) is 17.8. The average Bonchev–Trinajstić information content (AvgIpc) is 3.44. The highest BCUT2D eigenvalue weighted by Gasteiger charge is 2.44. The van der Waals surface area contributed by atoms with Crippen molar-refractivity contribution < 1.29 is 49.0 Å². The van der Waals surface area contributed by atoms with Gasteiger partial charge in [0.15, 0.2) is 0 Å². The SMILES string of the molecule is COC(=O)C1=CO[C@@H](O)[C@@H]2C(CO)=CC[C@H]12.COC(=O)C1=CO[C@@H](O)[C@@H]2C(CO)=CC[C@H]12. The number of hydrogen-bond acceptors (Lipinski definition) is 10. The number of allylic oxidation sites excluding steroid dienone is 2. The summed E-state index contributed by atoms with van der Waals surface area (Å²) in [6.45, 7) is -0.258. The third-order valence-electron chi connectivity index (χ3n) is 6.28. The largest absolute Gasteiger partial charge is 0.472 e. The molecule has 0 spiro atoms. The predicted octanol–water partition coefficient (Wildman–Crippen LogP) is -0.107. The van der Waals surface area contributed by atoms with Gasteiger partial charge in [-0.25, -0.2) is 9.59 Å². The van der Waals surface area contributed by atoms with Crippen LogP contribution in [-0.4, -0.2) is 72.4 Å². The van der Waals surface area contributed by atoms with Gasteiger partial charge in [-0.3, -0.25) is 0 Å². The van der Waals surface area contributed by atoms with E-state index in [1.165, 1.54) is 26.7 Å². The summed E-state index contributed by atoms with van der Waals surface area (Å²) in [5.41, 5.74) is 2.26. The predicted molar refractivity (Wildman–Crippen MR) is 108 cm³/mol. The Balaban J connectivity index is 0.000000181. The molecule has 0 aromatic heterocycles. The minimum atomic E-state index is -1.00. The maximum absolute atomic E-state index is 11.5. The minimum absolute atomic E-state index is 0.129. The second kappa shape index (κ2) is 10.3. The van der Waals surface area contributed by atoms with E-state index in [1.54, 1.807) is 0 Å². The molecule has 176 valence electrons. The van der Waals surface area contributed by atoms with Crippen molar-refractivity contribution in [2.45, 2.75) is 25.4 Å². The molecule has 0 aromatic rings. The highest BCUT2D eigenvalue weighted by Crippen LogP contribution is 2.43. The van der Waals surface area contributed by atoms with Gasteiger partial charge in [0.05, 0.1) is 62.9 Å². The number of rotatable bonds is 4. The topological polar surface area (TPSA) is 152 Å². The van der Waals surface area contributed by atoms with E-state index in [0.717, 1.165) is 0 Å². The molecule has 2 aliphatic carbocycles. The molecule has 0 radical (unpaired) electrons. The number of ether oxygens (including phenoxy) is 4. The Morgan fingerprint density at radius 3 is 1.53 bits per heavy atom. The molecule has 4 N–H and O–H groups in total. The highest BCUT2D eigenvalue weighted by molar-refractivity contribution is 5.89. The maximum atomic E-state index is 11.5. The fourth-order valence-electron chi connectivity index (χ4n) is 4.65. The molecule has 10 nitrogen and oxygen atoms in total. The van der Waals surface area contributed by atoms with Crippen molar-refractivity contribution in [3.05, 3.63) is 47.0 Å². The molecule has 0 fully saturated rings. The van der Waals surface area contributed by atoms with Crippen molar-refractivity contribution in [1.29, 1.82) is 0 Å². The molecule has 0 unspecified atom stereocenters. The Bertz CT molecular complexity index is 785. The van der Waals surface area contributed by atoms with Crippen molar-refractivity contribution in [2.24, 2.45) is 23.7 Å². The molecule has 10 heteroatoms. The standard InChI is InChI=1S/2C11H14O5/c2*1-15-10(13)8-5-16-11(14)9-6(4-12)2-3-7(8)9/h2*2,5,7,9,11-12,14H,3-4H2,1H3/t2*7-,9-,11-/m11/s1. The van der Waals surface area contributed by atoms with Crippen LogP contribution >= 0.6 is 0 Å². The smallest absolute Gasteiger partial charge is 0.337 e. The van der Waals surface area contributed by atoms with Gasteiger partial charge in [0, 0.05) is 11.8 Å². The first kappa shape index (κ1) is 24.0. The van der Waals surface area contributed by atoms with Crippen molar-refractivity contribution in [3.8, 4) is 0 Å². The highest BCUT2D eigenvalue weighted by atomic mass is 16.6. The molecule has 2 aliphatic heterocycles. The average molecular weight is 452 g/mol. The lowest BCUT2D eigenvalue weighted by Gasteiger charge is -2.31. The second-order valence-electron chi connectivity index (χ2n) is 7.79.